The van der Waals surface area contributed by atoms with E-state index in [0.29, 0.717) is 6.42 Å². The first-order valence-corrected chi connectivity index (χ1v) is 9.98. The lowest BCUT2D eigenvalue weighted by Gasteiger charge is -2.16. The normalized spacial score (nSPS) is 25.5. The highest BCUT2D eigenvalue weighted by Gasteiger charge is 2.36. The molecular formula is C22H34O6. The van der Waals surface area contributed by atoms with Crippen molar-refractivity contribution >= 4 is 5.97 Å². The van der Waals surface area contributed by atoms with Gasteiger partial charge in [0.15, 0.2) is 0 Å². The van der Waals surface area contributed by atoms with E-state index in [9.17, 15) is 20.1 Å². The highest BCUT2D eigenvalue weighted by Crippen LogP contribution is 2.26. The highest BCUT2D eigenvalue weighted by molar-refractivity contribution is 5.66. The molecule has 1 aliphatic rings. The molecule has 0 bridgehead atoms. The Hall–Kier alpha value is -1.73. The van der Waals surface area contributed by atoms with Crippen molar-refractivity contribution in [2.45, 2.75) is 82.4 Å². The molecule has 0 aliphatic carbocycles. The minimum absolute atomic E-state index is 0.0872. The minimum Gasteiger partial charge on any atom is -0.481 e. The third kappa shape index (κ3) is 10.6. The molecule has 0 spiro atoms. The zero-order valence-electron chi connectivity index (χ0n) is 16.6. The summed E-state index contributed by atoms with van der Waals surface area (Å²) in [5.74, 6) is -0.945. The number of rotatable bonds is 13. The van der Waals surface area contributed by atoms with E-state index in [1.54, 1.807) is 0 Å². The fourth-order valence-electron chi connectivity index (χ4n) is 2.90. The first kappa shape index (κ1) is 24.3. The number of aliphatic carboxylic acids is 1. The van der Waals surface area contributed by atoms with Gasteiger partial charge in [0.05, 0.1) is 30.5 Å². The summed E-state index contributed by atoms with van der Waals surface area (Å²) < 4.78 is 5.56. The summed E-state index contributed by atoms with van der Waals surface area (Å²) in [7, 11) is 0. The van der Waals surface area contributed by atoms with Crippen LogP contribution in [0.2, 0.25) is 0 Å². The van der Waals surface area contributed by atoms with Gasteiger partial charge in [-0.2, -0.15) is 0 Å². The van der Waals surface area contributed by atoms with Gasteiger partial charge in [-0.1, -0.05) is 55.5 Å². The number of allylic oxidation sites excluding steroid dienone is 5. The molecule has 1 aliphatic heterocycles. The Morgan fingerprint density at radius 2 is 1.71 bits per heavy atom. The van der Waals surface area contributed by atoms with Gasteiger partial charge in [-0.25, -0.2) is 0 Å². The lowest BCUT2D eigenvalue weighted by atomic mass is 10.0. The predicted octanol–water partition coefficient (Wildman–Crippen LogP) is 2.90. The molecule has 1 rings (SSSR count). The highest BCUT2D eigenvalue weighted by atomic mass is 16.5. The SMILES string of the molecule is CC/C=C\C/C=C\C/C=C\C[C@H](O)/C=C/[C@H](O)[C@@H]1C[C@H](O)[C@@H](CCC(=O)O)O1. The van der Waals surface area contributed by atoms with Gasteiger partial charge in [0.25, 0.3) is 0 Å². The number of carbonyl (C=O) groups is 1. The van der Waals surface area contributed by atoms with Gasteiger partial charge < -0.3 is 25.2 Å². The maximum atomic E-state index is 10.6. The summed E-state index contributed by atoms with van der Waals surface area (Å²) in [6.07, 6.45) is 15.3. The summed E-state index contributed by atoms with van der Waals surface area (Å²) in [4.78, 5) is 10.6. The van der Waals surface area contributed by atoms with Gasteiger partial charge in [-0.05, 0) is 32.1 Å². The third-order valence-electron chi connectivity index (χ3n) is 4.46. The predicted molar refractivity (Wildman–Crippen MR) is 109 cm³/mol. The van der Waals surface area contributed by atoms with Crippen molar-refractivity contribution in [1.29, 1.82) is 0 Å². The second kappa shape index (κ2) is 14.3. The molecule has 0 aromatic carbocycles. The molecule has 5 atom stereocenters. The standard InChI is InChI=1S/C22H34O6/c1-2-3-4-5-6-7-8-9-10-11-17(23)12-13-18(24)21-16-19(25)20(28-21)14-15-22(26)27/h3-4,6-7,9-10,12-13,17-21,23-25H,2,5,8,11,14-16H2,1H3,(H,26,27)/b4-3-,7-6-,10-9-,13-12+/t17-,18-,19-,20+,21-/m0/s1. The van der Waals surface area contributed by atoms with E-state index < -0.39 is 36.5 Å². The average molecular weight is 395 g/mol. The van der Waals surface area contributed by atoms with Gasteiger partial charge in [-0.3, -0.25) is 4.79 Å². The van der Waals surface area contributed by atoms with E-state index in [1.165, 1.54) is 12.2 Å². The smallest absolute Gasteiger partial charge is 0.303 e. The fraction of sp³-hybridized carbons (Fsp3) is 0.591. The van der Waals surface area contributed by atoms with E-state index in [2.05, 4.69) is 31.2 Å². The molecule has 1 heterocycles. The van der Waals surface area contributed by atoms with Gasteiger partial charge >= 0.3 is 5.97 Å². The zero-order chi connectivity index (χ0) is 20.8. The van der Waals surface area contributed by atoms with Crippen LogP contribution in [0.25, 0.3) is 0 Å². The number of ether oxygens (including phenoxy) is 1. The lowest BCUT2D eigenvalue weighted by molar-refractivity contribution is -0.138. The topological polar surface area (TPSA) is 107 Å². The zero-order valence-corrected chi connectivity index (χ0v) is 16.6. The Kier molecular flexibility index (Phi) is 12.4. The molecule has 0 saturated carbocycles. The Morgan fingerprint density at radius 1 is 1.07 bits per heavy atom. The van der Waals surface area contributed by atoms with E-state index in [1.807, 2.05) is 12.2 Å². The molecule has 158 valence electrons. The number of hydrogen-bond donors (Lipinski definition) is 4. The molecule has 1 fully saturated rings. The van der Waals surface area contributed by atoms with Gasteiger partial charge in [0.2, 0.25) is 0 Å². The van der Waals surface area contributed by atoms with Crippen LogP contribution in [0.1, 0.15) is 51.9 Å². The summed E-state index contributed by atoms with van der Waals surface area (Å²) in [6.45, 7) is 2.10. The summed E-state index contributed by atoms with van der Waals surface area (Å²) >= 11 is 0. The quantitative estimate of drug-likeness (QED) is 0.358. The second-order valence-electron chi connectivity index (χ2n) is 6.92. The van der Waals surface area contributed by atoms with E-state index in [4.69, 9.17) is 9.84 Å². The Balaban J connectivity index is 2.28. The first-order chi connectivity index (χ1) is 13.4. The Labute approximate surface area is 167 Å². The van der Waals surface area contributed by atoms with E-state index in [-0.39, 0.29) is 19.3 Å². The summed E-state index contributed by atoms with van der Waals surface area (Å²) in [5, 5.41) is 38.7. The Bertz CT molecular complexity index is 551. The van der Waals surface area contributed by atoms with Gasteiger partial charge in [0, 0.05) is 12.8 Å². The van der Waals surface area contributed by atoms with Crippen LogP contribution in [-0.2, 0) is 9.53 Å². The van der Waals surface area contributed by atoms with E-state index in [0.717, 1.165) is 19.3 Å². The third-order valence-corrected chi connectivity index (χ3v) is 4.46. The van der Waals surface area contributed by atoms with Crippen molar-refractivity contribution in [2.24, 2.45) is 0 Å². The van der Waals surface area contributed by atoms with Crippen molar-refractivity contribution in [2.75, 3.05) is 0 Å². The molecule has 1 saturated heterocycles. The molecule has 6 nitrogen and oxygen atoms in total. The number of aliphatic hydroxyl groups excluding tert-OH is 3. The maximum Gasteiger partial charge on any atom is 0.303 e. The van der Waals surface area contributed by atoms with Crippen LogP contribution in [0.4, 0.5) is 0 Å². The summed E-state index contributed by atoms with van der Waals surface area (Å²) in [6, 6.07) is 0. The van der Waals surface area contributed by atoms with Gasteiger partial charge in [0.1, 0.15) is 0 Å². The average Bonchev–Trinajstić information content (AvgIpc) is 3.04. The Morgan fingerprint density at radius 3 is 2.36 bits per heavy atom. The van der Waals surface area contributed by atoms with Crippen LogP contribution in [0.3, 0.4) is 0 Å². The van der Waals surface area contributed by atoms with Crippen molar-refractivity contribution in [1.82, 2.24) is 0 Å². The summed E-state index contributed by atoms with van der Waals surface area (Å²) in [5.41, 5.74) is 0. The van der Waals surface area contributed by atoms with Crippen molar-refractivity contribution in [3.8, 4) is 0 Å². The number of aliphatic hydroxyl groups is 3. The van der Waals surface area contributed by atoms with Crippen LogP contribution < -0.4 is 0 Å². The molecule has 6 heteroatoms. The maximum absolute atomic E-state index is 10.6. The van der Waals surface area contributed by atoms with Crippen molar-refractivity contribution in [3.63, 3.8) is 0 Å². The molecule has 0 aromatic rings. The molecule has 4 N–H and O–H groups in total. The van der Waals surface area contributed by atoms with Crippen LogP contribution >= 0.6 is 0 Å². The lowest BCUT2D eigenvalue weighted by Crippen LogP contribution is -2.25. The van der Waals surface area contributed by atoms with E-state index >= 15 is 0 Å². The van der Waals surface area contributed by atoms with Gasteiger partial charge in [-0.15, -0.1) is 0 Å². The number of carboxylic acids is 1. The molecule has 0 amide bonds. The monoisotopic (exact) mass is 394 g/mol. The number of hydrogen-bond acceptors (Lipinski definition) is 5. The molecule has 0 aromatic heterocycles. The molecule has 28 heavy (non-hydrogen) atoms. The molecule has 0 unspecified atom stereocenters. The molecule has 0 radical (unpaired) electrons. The fourth-order valence-corrected chi connectivity index (χ4v) is 2.90. The van der Waals surface area contributed by atoms with Crippen molar-refractivity contribution in [3.05, 3.63) is 48.6 Å². The van der Waals surface area contributed by atoms with Crippen LogP contribution in [-0.4, -0.2) is 56.9 Å². The minimum atomic E-state index is -0.956. The second-order valence-corrected chi connectivity index (χ2v) is 6.92. The van der Waals surface area contributed by atoms with Crippen LogP contribution in [0.5, 0.6) is 0 Å². The van der Waals surface area contributed by atoms with Crippen molar-refractivity contribution < 1.29 is 30.0 Å². The van der Waals surface area contributed by atoms with Crippen LogP contribution in [0.15, 0.2) is 48.6 Å². The largest absolute Gasteiger partial charge is 0.481 e. The molecular weight excluding hydrogens is 360 g/mol. The number of carboxylic acid groups (broad SMARTS) is 1. The van der Waals surface area contributed by atoms with Crippen LogP contribution in [0, 0.1) is 0 Å². The first-order valence-electron chi connectivity index (χ1n) is 9.98.